The number of hydrogen-bond donors (Lipinski definition) is 0. The zero-order valence-corrected chi connectivity index (χ0v) is 7.32. The summed E-state index contributed by atoms with van der Waals surface area (Å²) < 4.78 is 0.359. The van der Waals surface area contributed by atoms with Gasteiger partial charge < -0.3 is 0 Å². The molecule has 1 unspecified atom stereocenters. The summed E-state index contributed by atoms with van der Waals surface area (Å²) in [6.07, 6.45) is 0. The van der Waals surface area contributed by atoms with Gasteiger partial charge in [-0.25, -0.2) is 0 Å². The van der Waals surface area contributed by atoms with Gasteiger partial charge in [0.05, 0.1) is 0 Å². The topological polar surface area (TPSA) is 0 Å². The van der Waals surface area contributed by atoms with Gasteiger partial charge in [-0.3, -0.25) is 0 Å². The van der Waals surface area contributed by atoms with Crippen LogP contribution in [0.2, 0.25) is 0 Å². The quantitative estimate of drug-likeness (QED) is 0.462. The summed E-state index contributed by atoms with van der Waals surface area (Å²) in [5.41, 5.74) is 0. The van der Waals surface area contributed by atoms with Crippen LogP contribution in [-0.2, 0) is 0 Å². The van der Waals surface area contributed by atoms with Crippen molar-refractivity contribution < 1.29 is 0 Å². The highest BCUT2D eigenvalue weighted by Gasteiger charge is 2.16. The molecule has 0 aromatic heterocycles. The van der Waals surface area contributed by atoms with E-state index in [1.165, 1.54) is 0 Å². The zero-order chi connectivity index (χ0) is 6.08. The highest BCUT2D eigenvalue weighted by molar-refractivity contribution is 14.1. The first-order valence-corrected chi connectivity index (χ1v) is 3.54. The Labute approximate surface area is 59.8 Å². The predicted octanol–water partition coefficient (Wildman–Crippen LogP) is 2.67. The second kappa shape index (κ2) is 2.33. The number of hydrogen-bond acceptors (Lipinski definition) is 0. The minimum Gasteiger partial charge on any atom is -0.0792 e. The van der Waals surface area contributed by atoms with Crippen molar-refractivity contribution in [2.75, 3.05) is 0 Å². The van der Waals surface area contributed by atoms with Crippen LogP contribution in [0, 0.1) is 12.8 Å². The van der Waals surface area contributed by atoms with Gasteiger partial charge in [0, 0.05) is 3.42 Å². The first-order valence-electron chi connectivity index (χ1n) is 2.46. The number of alkyl halides is 1. The molecule has 0 saturated heterocycles. The van der Waals surface area contributed by atoms with Crippen molar-refractivity contribution in [2.45, 2.75) is 24.2 Å². The van der Waals surface area contributed by atoms with Gasteiger partial charge in [0.2, 0.25) is 0 Å². The van der Waals surface area contributed by atoms with Crippen molar-refractivity contribution in [3.05, 3.63) is 6.92 Å². The average Bonchev–Trinajstić information content (AvgIpc) is 1.31. The molecule has 0 rings (SSSR count). The summed E-state index contributed by atoms with van der Waals surface area (Å²) in [6, 6.07) is 0. The lowest BCUT2D eigenvalue weighted by atomic mass is 10.0. The molecular formula is C6H12I. The van der Waals surface area contributed by atoms with E-state index in [1.54, 1.807) is 0 Å². The number of rotatable bonds is 1. The Balaban J connectivity index is 3.54. The molecule has 0 fully saturated rings. The summed E-state index contributed by atoms with van der Waals surface area (Å²) in [4.78, 5) is 0. The smallest absolute Gasteiger partial charge is 0.0191 e. The van der Waals surface area contributed by atoms with E-state index in [1.807, 2.05) is 0 Å². The van der Waals surface area contributed by atoms with Gasteiger partial charge in [-0.05, 0) is 12.8 Å². The third-order valence-corrected chi connectivity index (χ3v) is 2.24. The van der Waals surface area contributed by atoms with Crippen LogP contribution in [0.5, 0.6) is 0 Å². The van der Waals surface area contributed by atoms with E-state index in [0.29, 0.717) is 9.34 Å². The van der Waals surface area contributed by atoms with Crippen LogP contribution in [0.3, 0.4) is 0 Å². The lowest BCUT2D eigenvalue weighted by Gasteiger charge is -2.20. The normalized spacial score (nSPS) is 12.9. The summed E-state index contributed by atoms with van der Waals surface area (Å²) >= 11 is 2.40. The van der Waals surface area contributed by atoms with E-state index >= 15 is 0 Å². The fourth-order valence-electron chi connectivity index (χ4n) is 0. The van der Waals surface area contributed by atoms with Crippen LogP contribution in [0.1, 0.15) is 20.8 Å². The Kier molecular flexibility index (Phi) is 2.58. The Morgan fingerprint density at radius 2 is 1.71 bits per heavy atom. The Morgan fingerprint density at radius 3 is 1.71 bits per heavy atom. The van der Waals surface area contributed by atoms with Crippen LogP contribution >= 0.6 is 22.6 Å². The molecule has 0 aliphatic carbocycles. The summed E-state index contributed by atoms with van der Waals surface area (Å²) in [5, 5.41) is 0. The maximum Gasteiger partial charge on any atom is 0.0191 e. The molecule has 1 radical (unpaired) electrons. The molecule has 0 nitrogen and oxygen atoms in total. The van der Waals surface area contributed by atoms with Crippen LogP contribution in [-0.4, -0.2) is 3.42 Å². The fraction of sp³-hybridized carbons (Fsp3) is 0.833. The summed E-state index contributed by atoms with van der Waals surface area (Å²) in [6.45, 7) is 10.4. The van der Waals surface area contributed by atoms with E-state index in [9.17, 15) is 0 Å². The molecule has 0 N–H and O–H groups in total. The summed E-state index contributed by atoms with van der Waals surface area (Å²) in [5.74, 6) is 0.535. The van der Waals surface area contributed by atoms with Gasteiger partial charge in [-0.15, -0.1) is 0 Å². The molecule has 7 heavy (non-hydrogen) atoms. The van der Waals surface area contributed by atoms with Crippen molar-refractivity contribution in [3.63, 3.8) is 0 Å². The third-order valence-electron chi connectivity index (χ3n) is 1.17. The second-order valence-electron chi connectivity index (χ2n) is 2.47. The van der Waals surface area contributed by atoms with Crippen molar-refractivity contribution in [3.8, 4) is 0 Å². The van der Waals surface area contributed by atoms with Crippen LogP contribution in [0.25, 0.3) is 0 Å². The zero-order valence-electron chi connectivity index (χ0n) is 5.16. The predicted molar refractivity (Wildman–Crippen MR) is 42.6 cm³/mol. The first-order chi connectivity index (χ1) is 2.94. The van der Waals surface area contributed by atoms with Crippen molar-refractivity contribution in [1.29, 1.82) is 0 Å². The van der Waals surface area contributed by atoms with Gasteiger partial charge in [-0.2, -0.15) is 0 Å². The highest BCUT2D eigenvalue weighted by atomic mass is 127. The molecule has 0 aliphatic heterocycles. The molecule has 43 valence electrons. The van der Waals surface area contributed by atoms with E-state index in [2.05, 4.69) is 50.3 Å². The van der Waals surface area contributed by atoms with E-state index in [0.717, 1.165) is 0 Å². The molecular weight excluding hydrogens is 199 g/mol. The molecule has 0 saturated carbocycles. The van der Waals surface area contributed by atoms with Crippen molar-refractivity contribution in [2.24, 2.45) is 5.92 Å². The minimum atomic E-state index is 0.359. The van der Waals surface area contributed by atoms with Crippen molar-refractivity contribution >= 4 is 22.6 Å². The molecule has 1 atom stereocenters. The first kappa shape index (κ1) is 7.73. The van der Waals surface area contributed by atoms with E-state index in [-0.39, 0.29) is 0 Å². The van der Waals surface area contributed by atoms with E-state index in [4.69, 9.17) is 0 Å². The van der Waals surface area contributed by atoms with Crippen LogP contribution < -0.4 is 0 Å². The van der Waals surface area contributed by atoms with Gasteiger partial charge in [-0.1, -0.05) is 43.4 Å². The number of halogens is 1. The Hall–Kier alpha value is 0.730. The molecule has 0 aromatic carbocycles. The Bertz CT molecular complexity index is 49.7. The largest absolute Gasteiger partial charge is 0.0792 e. The maximum absolute atomic E-state index is 3.90. The monoisotopic (exact) mass is 211 g/mol. The van der Waals surface area contributed by atoms with Crippen LogP contribution in [0.15, 0.2) is 0 Å². The fourth-order valence-corrected chi connectivity index (χ4v) is 0. The standard InChI is InChI=1S/C6H12I/c1-5(2)6(3,4)7/h5H,1H2,2-4H3. The van der Waals surface area contributed by atoms with E-state index < -0.39 is 0 Å². The van der Waals surface area contributed by atoms with Gasteiger partial charge in [0.15, 0.2) is 0 Å². The van der Waals surface area contributed by atoms with Crippen LogP contribution in [0.4, 0.5) is 0 Å². The summed E-state index contributed by atoms with van der Waals surface area (Å²) in [7, 11) is 0. The lowest BCUT2D eigenvalue weighted by Crippen LogP contribution is -2.17. The minimum absolute atomic E-state index is 0.359. The average molecular weight is 211 g/mol. The molecule has 0 aromatic rings. The second-order valence-corrected chi connectivity index (χ2v) is 5.25. The molecule has 0 heterocycles. The SMILES string of the molecule is [CH2]C(C)C(C)(C)I. The maximum atomic E-state index is 3.90. The van der Waals surface area contributed by atoms with Gasteiger partial charge in [0.1, 0.15) is 0 Å². The molecule has 0 spiro atoms. The molecule has 0 aliphatic rings. The Morgan fingerprint density at radius 1 is 1.57 bits per heavy atom. The van der Waals surface area contributed by atoms with Gasteiger partial charge >= 0.3 is 0 Å². The molecule has 0 bridgehead atoms. The van der Waals surface area contributed by atoms with Crippen molar-refractivity contribution in [1.82, 2.24) is 0 Å². The lowest BCUT2D eigenvalue weighted by molar-refractivity contribution is 0.578. The molecule has 1 heteroatoms. The van der Waals surface area contributed by atoms with Gasteiger partial charge in [0.25, 0.3) is 0 Å². The molecule has 0 amide bonds. The highest BCUT2D eigenvalue weighted by Crippen LogP contribution is 2.25. The third kappa shape index (κ3) is 3.32.